The summed E-state index contributed by atoms with van der Waals surface area (Å²) >= 11 is 0. The molecule has 2 aliphatic heterocycles. The van der Waals surface area contributed by atoms with Gasteiger partial charge >= 0.3 is 0 Å². The van der Waals surface area contributed by atoms with Gasteiger partial charge in [0.1, 0.15) is 5.75 Å². The SMILES string of the molecule is Oc1ccc(C2=NOC3OCCC23)cc1. The average Bonchev–Trinajstić information content (AvgIpc) is 2.80. The summed E-state index contributed by atoms with van der Waals surface area (Å²) in [6.07, 6.45) is 0.749. The molecule has 1 saturated heterocycles. The molecule has 0 bridgehead atoms. The normalized spacial score (nSPS) is 28.4. The van der Waals surface area contributed by atoms with Gasteiger partial charge in [0.25, 0.3) is 0 Å². The van der Waals surface area contributed by atoms with Crippen LogP contribution in [0.1, 0.15) is 12.0 Å². The number of hydrogen-bond donors (Lipinski definition) is 1. The molecule has 1 aromatic rings. The largest absolute Gasteiger partial charge is 0.508 e. The van der Waals surface area contributed by atoms with Crippen LogP contribution in [0.15, 0.2) is 29.4 Å². The molecule has 0 spiro atoms. The molecule has 0 saturated carbocycles. The van der Waals surface area contributed by atoms with Crippen LogP contribution in [-0.2, 0) is 9.57 Å². The molecule has 2 unspecified atom stereocenters. The first-order valence-electron chi connectivity index (χ1n) is 4.99. The Morgan fingerprint density at radius 1 is 1.27 bits per heavy atom. The molecule has 0 amide bonds. The van der Waals surface area contributed by atoms with E-state index < -0.39 is 0 Å². The summed E-state index contributed by atoms with van der Waals surface area (Å²) in [7, 11) is 0. The smallest absolute Gasteiger partial charge is 0.235 e. The highest BCUT2D eigenvalue weighted by Crippen LogP contribution is 2.31. The van der Waals surface area contributed by atoms with Gasteiger partial charge in [-0.3, -0.25) is 0 Å². The maximum absolute atomic E-state index is 9.19. The molecular weight excluding hydrogens is 194 g/mol. The minimum atomic E-state index is -0.200. The Morgan fingerprint density at radius 2 is 2.07 bits per heavy atom. The lowest BCUT2D eigenvalue weighted by atomic mass is 9.95. The van der Waals surface area contributed by atoms with Crippen molar-refractivity contribution in [3.63, 3.8) is 0 Å². The Hall–Kier alpha value is -1.55. The Bertz CT molecular complexity index is 399. The molecule has 78 valence electrons. The zero-order valence-corrected chi connectivity index (χ0v) is 8.09. The topological polar surface area (TPSA) is 51.1 Å². The second-order valence-corrected chi connectivity index (χ2v) is 3.76. The first-order valence-corrected chi connectivity index (χ1v) is 4.99. The van der Waals surface area contributed by atoms with Crippen molar-refractivity contribution < 1.29 is 14.7 Å². The number of rotatable bonds is 1. The monoisotopic (exact) mass is 205 g/mol. The van der Waals surface area contributed by atoms with E-state index in [4.69, 9.17) is 9.57 Å². The van der Waals surface area contributed by atoms with Crippen LogP contribution in [0.4, 0.5) is 0 Å². The Balaban J connectivity index is 1.91. The second-order valence-electron chi connectivity index (χ2n) is 3.76. The van der Waals surface area contributed by atoms with Crippen molar-refractivity contribution in [2.75, 3.05) is 6.61 Å². The fourth-order valence-electron chi connectivity index (χ4n) is 2.01. The fraction of sp³-hybridized carbons (Fsp3) is 0.364. The van der Waals surface area contributed by atoms with E-state index >= 15 is 0 Å². The zero-order valence-electron chi connectivity index (χ0n) is 8.09. The van der Waals surface area contributed by atoms with Gasteiger partial charge in [-0.2, -0.15) is 0 Å². The number of ether oxygens (including phenoxy) is 1. The molecule has 2 heterocycles. The van der Waals surface area contributed by atoms with E-state index in [-0.39, 0.29) is 18.0 Å². The van der Waals surface area contributed by atoms with Crippen LogP contribution in [0.5, 0.6) is 5.75 Å². The molecular formula is C11H11NO3. The van der Waals surface area contributed by atoms with Gasteiger partial charge in [0, 0.05) is 5.56 Å². The van der Waals surface area contributed by atoms with Crippen molar-refractivity contribution in [3.8, 4) is 5.75 Å². The summed E-state index contributed by atoms with van der Waals surface area (Å²) in [6, 6.07) is 7.00. The van der Waals surface area contributed by atoms with E-state index in [0.717, 1.165) is 24.3 Å². The third-order valence-electron chi connectivity index (χ3n) is 2.81. The summed E-state index contributed by atoms with van der Waals surface area (Å²) < 4.78 is 5.37. The Labute approximate surface area is 87.1 Å². The average molecular weight is 205 g/mol. The Kier molecular flexibility index (Phi) is 1.89. The number of phenols is 1. The highest BCUT2D eigenvalue weighted by molar-refractivity contribution is 6.03. The van der Waals surface area contributed by atoms with Gasteiger partial charge in [-0.05, 0) is 30.7 Å². The predicted octanol–water partition coefficient (Wildman–Crippen LogP) is 1.49. The van der Waals surface area contributed by atoms with Gasteiger partial charge in [-0.15, -0.1) is 0 Å². The quantitative estimate of drug-likeness (QED) is 0.755. The molecule has 0 aliphatic carbocycles. The molecule has 3 rings (SSSR count). The van der Waals surface area contributed by atoms with Gasteiger partial charge in [0.2, 0.25) is 6.29 Å². The maximum Gasteiger partial charge on any atom is 0.235 e. The third-order valence-corrected chi connectivity index (χ3v) is 2.81. The molecule has 1 fully saturated rings. The number of benzene rings is 1. The van der Waals surface area contributed by atoms with Gasteiger partial charge in [-0.25, -0.2) is 0 Å². The minimum Gasteiger partial charge on any atom is -0.508 e. The molecule has 0 aromatic heterocycles. The minimum absolute atomic E-state index is 0.200. The summed E-state index contributed by atoms with van der Waals surface area (Å²) in [4.78, 5) is 5.18. The maximum atomic E-state index is 9.19. The lowest BCUT2D eigenvalue weighted by Crippen LogP contribution is -2.18. The highest BCUT2D eigenvalue weighted by Gasteiger charge is 2.39. The number of aromatic hydroxyl groups is 1. The number of nitrogens with zero attached hydrogens (tertiary/aromatic N) is 1. The van der Waals surface area contributed by atoms with Crippen molar-refractivity contribution >= 4 is 5.71 Å². The lowest BCUT2D eigenvalue weighted by molar-refractivity contribution is -0.106. The van der Waals surface area contributed by atoms with Crippen LogP contribution in [-0.4, -0.2) is 23.7 Å². The van der Waals surface area contributed by atoms with Crippen LogP contribution in [0, 0.1) is 5.92 Å². The second kappa shape index (κ2) is 3.24. The van der Waals surface area contributed by atoms with Gasteiger partial charge in [0.15, 0.2) is 0 Å². The molecule has 4 nitrogen and oxygen atoms in total. The van der Waals surface area contributed by atoms with Crippen molar-refractivity contribution in [3.05, 3.63) is 29.8 Å². The van der Waals surface area contributed by atoms with Crippen LogP contribution in [0.2, 0.25) is 0 Å². The number of fused-ring (bicyclic) bond motifs is 1. The summed E-state index contributed by atoms with van der Waals surface area (Å²) in [6.45, 7) is 0.729. The fourth-order valence-corrected chi connectivity index (χ4v) is 2.01. The van der Waals surface area contributed by atoms with Crippen molar-refractivity contribution in [2.45, 2.75) is 12.7 Å². The van der Waals surface area contributed by atoms with E-state index in [2.05, 4.69) is 5.16 Å². The van der Waals surface area contributed by atoms with E-state index in [1.54, 1.807) is 12.1 Å². The standard InChI is InChI=1S/C11H11NO3/c13-8-3-1-7(2-4-8)10-9-5-6-14-11(9)15-12-10/h1-4,9,11,13H,5-6H2. The van der Waals surface area contributed by atoms with Gasteiger partial charge in [0.05, 0.1) is 18.2 Å². The third kappa shape index (κ3) is 1.37. The van der Waals surface area contributed by atoms with Crippen molar-refractivity contribution in [1.29, 1.82) is 0 Å². The summed E-state index contributed by atoms with van der Waals surface area (Å²) in [5.74, 6) is 0.507. The Morgan fingerprint density at radius 3 is 2.87 bits per heavy atom. The van der Waals surface area contributed by atoms with Crippen molar-refractivity contribution in [2.24, 2.45) is 11.1 Å². The molecule has 0 radical (unpaired) electrons. The van der Waals surface area contributed by atoms with E-state index in [0.29, 0.717) is 0 Å². The van der Waals surface area contributed by atoms with Crippen LogP contribution >= 0.6 is 0 Å². The summed E-state index contributed by atoms with van der Waals surface area (Å²) in [5, 5.41) is 13.2. The highest BCUT2D eigenvalue weighted by atomic mass is 16.8. The molecule has 2 atom stereocenters. The molecule has 2 aliphatic rings. The van der Waals surface area contributed by atoms with Crippen LogP contribution in [0.25, 0.3) is 0 Å². The van der Waals surface area contributed by atoms with Crippen molar-refractivity contribution in [1.82, 2.24) is 0 Å². The number of hydrogen-bond acceptors (Lipinski definition) is 4. The molecule has 1 N–H and O–H groups in total. The van der Waals surface area contributed by atoms with Crippen LogP contribution in [0.3, 0.4) is 0 Å². The number of oxime groups is 1. The van der Waals surface area contributed by atoms with Gasteiger partial charge < -0.3 is 14.7 Å². The first-order chi connectivity index (χ1) is 7.34. The van der Waals surface area contributed by atoms with Crippen LogP contribution < -0.4 is 0 Å². The lowest BCUT2D eigenvalue weighted by Gasteiger charge is -2.07. The van der Waals surface area contributed by atoms with E-state index in [9.17, 15) is 5.11 Å². The molecule has 1 aromatic carbocycles. The van der Waals surface area contributed by atoms with E-state index in [1.807, 2.05) is 12.1 Å². The molecule has 15 heavy (non-hydrogen) atoms. The molecule has 4 heteroatoms. The zero-order chi connectivity index (χ0) is 10.3. The van der Waals surface area contributed by atoms with Gasteiger partial charge in [-0.1, -0.05) is 5.16 Å². The first kappa shape index (κ1) is 8.73. The van der Waals surface area contributed by atoms with E-state index in [1.165, 1.54) is 0 Å². The number of phenolic OH excluding ortho intramolecular Hbond substituents is 1. The predicted molar refractivity (Wildman–Crippen MR) is 53.6 cm³/mol. The summed E-state index contributed by atoms with van der Waals surface area (Å²) in [5.41, 5.74) is 1.92.